The largest absolute Gasteiger partial charge is 0.345 e. The fourth-order valence-electron chi connectivity index (χ4n) is 1.91. The first-order valence-electron chi connectivity index (χ1n) is 5.94. The van der Waals surface area contributed by atoms with Gasteiger partial charge in [0, 0.05) is 35.9 Å². The highest BCUT2D eigenvalue weighted by Crippen LogP contribution is 2.16. The van der Waals surface area contributed by atoms with Crippen molar-refractivity contribution in [1.29, 1.82) is 0 Å². The van der Waals surface area contributed by atoms with Crippen molar-refractivity contribution in [3.8, 4) is 0 Å². The van der Waals surface area contributed by atoms with Crippen LogP contribution in [0.4, 0.5) is 0 Å². The molecule has 5 nitrogen and oxygen atoms in total. The molecule has 0 fully saturated rings. The number of aryl methyl sites for hydroxylation is 1. The van der Waals surface area contributed by atoms with Gasteiger partial charge in [-0.15, -0.1) is 11.3 Å². The molecule has 19 heavy (non-hydrogen) atoms. The van der Waals surface area contributed by atoms with Crippen LogP contribution in [0.5, 0.6) is 0 Å². The molecule has 0 spiro atoms. The quantitative estimate of drug-likeness (QED) is 0.777. The number of rotatable bonds is 2. The first-order valence-corrected chi connectivity index (χ1v) is 6.82. The minimum atomic E-state index is -0.246. The molecule has 3 rings (SSSR count). The predicted octanol–water partition coefficient (Wildman–Crippen LogP) is 2.19. The van der Waals surface area contributed by atoms with E-state index in [4.69, 9.17) is 0 Å². The molecule has 6 heteroatoms. The Balaban J connectivity index is 2.08. The van der Waals surface area contributed by atoms with Gasteiger partial charge in [-0.3, -0.25) is 4.79 Å². The summed E-state index contributed by atoms with van der Waals surface area (Å²) < 4.78 is 1.94. The van der Waals surface area contributed by atoms with Crippen molar-refractivity contribution in [3.63, 3.8) is 0 Å². The van der Waals surface area contributed by atoms with Crippen LogP contribution in [0, 0.1) is 0 Å². The van der Waals surface area contributed by atoms with Gasteiger partial charge in [0.2, 0.25) is 0 Å². The van der Waals surface area contributed by atoms with E-state index < -0.39 is 0 Å². The lowest BCUT2D eigenvalue weighted by Gasteiger charge is -1.95. The molecule has 3 aromatic rings. The molecular weight excluding hydrogens is 260 g/mol. The normalized spacial score (nSPS) is 12.2. The maximum absolute atomic E-state index is 12.2. The minimum absolute atomic E-state index is 0.246. The highest BCUT2D eigenvalue weighted by atomic mass is 32.1. The second kappa shape index (κ2) is 4.81. The zero-order chi connectivity index (χ0) is 13.2. The Morgan fingerprint density at radius 3 is 3.32 bits per heavy atom. The number of hydrogen-bond donors (Lipinski definition) is 1. The van der Waals surface area contributed by atoms with E-state index in [1.807, 2.05) is 35.2 Å². The van der Waals surface area contributed by atoms with Crippen LogP contribution in [0.1, 0.15) is 17.3 Å². The average Bonchev–Trinajstić information content (AvgIpc) is 3.04. The smallest absolute Gasteiger partial charge is 0.281 e. The van der Waals surface area contributed by atoms with Crippen LogP contribution in [0.3, 0.4) is 0 Å². The molecule has 0 aliphatic carbocycles. The molecule has 1 amide bonds. The molecule has 1 N–H and O–H groups in total. The fourth-order valence-corrected chi connectivity index (χ4v) is 2.70. The first kappa shape index (κ1) is 11.9. The summed E-state index contributed by atoms with van der Waals surface area (Å²) in [5, 5.41) is 2.72. The van der Waals surface area contributed by atoms with Crippen molar-refractivity contribution in [3.05, 3.63) is 46.5 Å². The molecule has 96 valence electrons. The lowest BCUT2D eigenvalue weighted by atomic mass is 10.2. The number of carbonyl (C=O) groups excluding carboxylic acids is 1. The van der Waals surface area contributed by atoms with E-state index in [1.54, 1.807) is 12.4 Å². The number of fused-ring (bicyclic) bond motifs is 1. The van der Waals surface area contributed by atoms with E-state index in [-0.39, 0.29) is 5.91 Å². The number of pyridine rings is 1. The Morgan fingerprint density at radius 2 is 2.47 bits per heavy atom. The summed E-state index contributed by atoms with van der Waals surface area (Å²) in [6.45, 7) is 2.82. The number of nitrogens with zero attached hydrogens (tertiary/aromatic N) is 3. The molecule has 3 aromatic heterocycles. The van der Waals surface area contributed by atoms with E-state index in [1.165, 1.54) is 11.3 Å². The predicted molar refractivity (Wildman–Crippen MR) is 74.0 cm³/mol. The third-order valence-corrected chi connectivity index (χ3v) is 3.67. The number of H-pyrrole nitrogens is 1. The van der Waals surface area contributed by atoms with Gasteiger partial charge in [0.25, 0.3) is 5.91 Å². The van der Waals surface area contributed by atoms with E-state index in [2.05, 4.69) is 15.0 Å². The summed E-state index contributed by atoms with van der Waals surface area (Å²) in [7, 11) is 0. The highest BCUT2D eigenvalue weighted by Gasteiger charge is 2.11. The maximum atomic E-state index is 12.2. The van der Waals surface area contributed by atoms with Gasteiger partial charge in [0.15, 0.2) is 4.80 Å². The van der Waals surface area contributed by atoms with Gasteiger partial charge in [-0.1, -0.05) is 0 Å². The number of amides is 1. The van der Waals surface area contributed by atoms with Gasteiger partial charge in [-0.05, 0) is 19.1 Å². The zero-order valence-electron chi connectivity index (χ0n) is 10.3. The van der Waals surface area contributed by atoms with Crippen LogP contribution < -0.4 is 4.80 Å². The van der Waals surface area contributed by atoms with Crippen molar-refractivity contribution in [2.75, 3.05) is 0 Å². The van der Waals surface area contributed by atoms with Crippen molar-refractivity contribution >= 4 is 28.3 Å². The topological polar surface area (TPSA) is 63.0 Å². The number of nitrogens with one attached hydrogen (secondary N) is 1. The number of aromatic nitrogens is 3. The Labute approximate surface area is 113 Å². The summed E-state index contributed by atoms with van der Waals surface area (Å²) in [5.74, 6) is -0.246. The second-order valence-corrected chi connectivity index (χ2v) is 4.86. The molecular formula is C13H12N4OS. The molecule has 0 unspecified atom stereocenters. The number of thiazole rings is 1. The molecule has 0 atom stereocenters. The van der Waals surface area contributed by atoms with Crippen molar-refractivity contribution < 1.29 is 4.79 Å². The van der Waals surface area contributed by atoms with E-state index in [9.17, 15) is 4.79 Å². The lowest BCUT2D eigenvalue weighted by Crippen LogP contribution is -2.15. The first-order chi connectivity index (χ1) is 9.29. The monoisotopic (exact) mass is 272 g/mol. The van der Waals surface area contributed by atoms with Crippen molar-refractivity contribution in [2.24, 2.45) is 4.99 Å². The molecule has 0 saturated heterocycles. The van der Waals surface area contributed by atoms with Crippen LogP contribution in [0.25, 0.3) is 11.0 Å². The van der Waals surface area contributed by atoms with E-state index in [0.29, 0.717) is 16.0 Å². The van der Waals surface area contributed by atoms with Gasteiger partial charge in [-0.2, -0.15) is 4.99 Å². The summed E-state index contributed by atoms with van der Waals surface area (Å²) >= 11 is 1.45. The van der Waals surface area contributed by atoms with Gasteiger partial charge < -0.3 is 9.55 Å². The third kappa shape index (κ3) is 2.10. The minimum Gasteiger partial charge on any atom is -0.345 e. The number of aromatic amines is 1. The van der Waals surface area contributed by atoms with Gasteiger partial charge in [-0.25, -0.2) is 4.98 Å². The molecule has 0 aliphatic heterocycles. The van der Waals surface area contributed by atoms with E-state index in [0.717, 1.165) is 11.9 Å². The molecule has 3 heterocycles. The molecule has 0 bridgehead atoms. The summed E-state index contributed by atoms with van der Waals surface area (Å²) in [6, 6.07) is 3.67. The second-order valence-electron chi connectivity index (χ2n) is 3.99. The van der Waals surface area contributed by atoms with Crippen LogP contribution >= 0.6 is 11.3 Å². The highest BCUT2D eigenvalue weighted by molar-refractivity contribution is 7.07. The average molecular weight is 272 g/mol. The van der Waals surface area contributed by atoms with Crippen LogP contribution in [-0.2, 0) is 6.54 Å². The van der Waals surface area contributed by atoms with Crippen molar-refractivity contribution in [2.45, 2.75) is 13.5 Å². The fraction of sp³-hybridized carbons (Fsp3) is 0.154. The van der Waals surface area contributed by atoms with Crippen LogP contribution in [-0.4, -0.2) is 20.4 Å². The summed E-state index contributed by atoms with van der Waals surface area (Å²) in [5.41, 5.74) is 1.26. The SMILES string of the molecule is CCn1ccsc1=NC(=O)c1c[nH]c2ncccc12. The molecule has 0 saturated carbocycles. The van der Waals surface area contributed by atoms with Crippen LogP contribution in [0.2, 0.25) is 0 Å². The van der Waals surface area contributed by atoms with Gasteiger partial charge >= 0.3 is 0 Å². The van der Waals surface area contributed by atoms with E-state index >= 15 is 0 Å². The third-order valence-electron chi connectivity index (χ3n) is 2.88. The number of carbonyl (C=O) groups is 1. The standard InChI is InChI=1S/C13H12N4OS/c1-2-17-6-7-19-13(17)16-12(18)10-8-15-11-9(10)4-3-5-14-11/h3-8H,2H2,1H3,(H,14,15). The number of hydrogen-bond acceptors (Lipinski definition) is 3. The van der Waals surface area contributed by atoms with Gasteiger partial charge in [0.1, 0.15) is 5.65 Å². The van der Waals surface area contributed by atoms with Crippen molar-refractivity contribution in [1.82, 2.24) is 14.5 Å². The Morgan fingerprint density at radius 1 is 1.58 bits per heavy atom. The Bertz CT molecular complexity index is 796. The Hall–Kier alpha value is -2.21. The molecule has 0 aromatic carbocycles. The molecule has 0 aliphatic rings. The van der Waals surface area contributed by atoms with Gasteiger partial charge in [0.05, 0.1) is 5.56 Å². The van der Waals surface area contributed by atoms with Crippen LogP contribution in [0.15, 0.2) is 41.1 Å². The lowest BCUT2D eigenvalue weighted by molar-refractivity contribution is 0.0999. The molecule has 0 radical (unpaired) electrons. The zero-order valence-corrected chi connectivity index (χ0v) is 11.1. The summed E-state index contributed by atoms with van der Waals surface area (Å²) in [4.78, 5) is 24.3. The maximum Gasteiger partial charge on any atom is 0.281 e. The Kier molecular flexibility index (Phi) is 3.00. The summed E-state index contributed by atoms with van der Waals surface area (Å²) in [6.07, 6.45) is 5.27.